The molecule has 0 saturated heterocycles. The van der Waals surface area contributed by atoms with Gasteiger partial charge >= 0.3 is 5.97 Å². The van der Waals surface area contributed by atoms with Crippen molar-refractivity contribution in [2.45, 2.75) is 33.1 Å². The zero-order valence-electron chi connectivity index (χ0n) is 14.3. The zero-order valence-corrected chi connectivity index (χ0v) is 14.3. The molecule has 0 radical (unpaired) electrons. The molecular formula is C19H21NO5. The van der Waals surface area contributed by atoms with Gasteiger partial charge in [0.15, 0.2) is 5.78 Å². The highest BCUT2D eigenvalue weighted by Gasteiger charge is 2.12. The lowest BCUT2D eigenvalue weighted by molar-refractivity contribution is 0.0690. The number of nitrogens with zero attached hydrogens (tertiary/aromatic N) is 1. The first-order valence-corrected chi connectivity index (χ1v) is 8.11. The van der Waals surface area contributed by atoms with Crippen LogP contribution in [0.3, 0.4) is 0 Å². The summed E-state index contributed by atoms with van der Waals surface area (Å²) >= 11 is 0. The Balaban J connectivity index is 1.98. The van der Waals surface area contributed by atoms with E-state index in [2.05, 4.69) is 4.98 Å². The third-order valence-electron chi connectivity index (χ3n) is 3.80. The minimum Gasteiger partial charge on any atom is -0.507 e. The Morgan fingerprint density at radius 1 is 1.24 bits per heavy atom. The van der Waals surface area contributed by atoms with Gasteiger partial charge in [0.1, 0.15) is 17.2 Å². The van der Waals surface area contributed by atoms with E-state index in [0.717, 1.165) is 5.56 Å². The number of phenolic OH excluding ortho intramolecular Hbond substituents is 1. The fourth-order valence-corrected chi connectivity index (χ4v) is 2.48. The predicted octanol–water partition coefficient (Wildman–Crippen LogP) is 3.26. The highest BCUT2D eigenvalue weighted by molar-refractivity contribution is 5.97. The first-order valence-electron chi connectivity index (χ1n) is 8.11. The van der Waals surface area contributed by atoms with E-state index in [0.29, 0.717) is 42.9 Å². The largest absolute Gasteiger partial charge is 0.507 e. The van der Waals surface area contributed by atoms with Crippen LogP contribution >= 0.6 is 0 Å². The van der Waals surface area contributed by atoms with Gasteiger partial charge in [-0.1, -0.05) is 13.0 Å². The molecule has 0 atom stereocenters. The lowest BCUT2D eigenvalue weighted by Gasteiger charge is -2.13. The molecule has 0 aliphatic rings. The second-order valence-corrected chi connectivity index (χ2v) is 5.66. The molecule has 0 spiro atoms. The van der Waals surface area contributed by atoms with Crippen molar-refractivity contribution < 1.29 is 24.5 Å². The summed E-state index contributed by atoms with van der Waals surface area (Å²) in [6, 6.07) is 8.02. The van der Waals surface area contributed by atoms with Crippen molar-refractivity contribution in [1.82, 2.24) is 4.98 Å². The number of ketones is 1. The number of rotatable bonds is 8. The van der Waals surface area contributed by atoms with Crippen molar-refractivity contribution in [2.24, 2.45) is 0 Å². The Kier molecular flexibility index (Phi) is 6.11. The van der Waals surface area contributed by atoms with Gasteiger partial charge in [0.2, 0.25) is 0 Å². The van der Waals surface area contributed by atoms with Crippen LogP contribution in [0.1, 0.15) is 52.4 Å². The summed E-state index contributed by atoms with van der Waals surface area (Å²) in [5.41, 5.74) is 1.86. The Labute approximate surface area is 146 Å². The molecule has 2 N–H and O–H groups in total. The maximum Gasteiger partial charge on any atom is 0.354 e. The van der Waals surface area contributed by atoms with Crippen LogP contribution in [-0.2, 0) is 12.8 Å². The second-order valence-electron chi connectivity index (χ2n) is 5.66. The summed E-state index contributed by atoms with van der Waals surface area (Å²) in [6.07, 6.45) is 1.91. The monoisotopic (exact) mass is 343 g/mol. The van der Waals surface area contributed by atoms with Crippen molar-refractivity contribution in [3.8, 4) is 11.5 Å². The molecule has 2 rings (SSSR count). The number of benzene rings is 1. The second kappa shape index (κ2) is 8.28. The van der Waals surface area contributed by atoms with Gasteiger partial charge in [-0.15, -0.1) is 0 Å². The number of hydrogen-bond donors (Lipinski definition) is 2. The van der Waals surface area contributed by atoms with Gasteiger partial charge < -0.3 is 14.9 Å². The van der Waals surface area contributed by atoms with Crippen LogP contribution < -0.4 is 4.74 Å². The van der Waals surface area contributed by atoms with Crippen molar-refractivity contribution >= 4 is 11.8 Å². The van der Waals surface area contributed by atoms with Crippen LogP contribution in [0.5, 0.6) is 11.5 Å². The number of ether oxygens (including phenoxy) is 1. The van der Waals surface area contributed by atoms with E-state index < -0.39 is 5.97 Å². The van der Waals surface area contributed by atoms with E-state index in [4.69, 9.17) is 9.84 Å². The molecule has 0 aliphatic heterocycles. The van der Waals surface area contributed by atoms with Gasteiger partial charge in [-0.2, -0.15) is 0 Å². The number of carboxylic acid groups (broad SMARTS) is 1. The molecule has 6 heteroatoms. The molecule has 0 saturated carbocycles. The number of aromatic carboxylic acids is 1. The average Bonchev–Trinajstić information content (AvgIpc) is 2.58. The molecule has 0 unspecified atom stereocenters. The number of aryl methyl sites for hydroxylation is 2. The molecule has 2 aromatic rings. The lowest BCUT2D eigenvalue weighted by atomic mass is 10.0. The number of carbonyl (C=O) groups excluding carboxylic acids is 1. The molecule has 1 aromatic heterocycles. The molecular weight excluding hydrogens is 322 g/mol. The van der Waals surface area contributed by atoms with E-state index in [1.807, 2.05) is 6.92 Å². The number of Topliss-reactive ketones (excluding diaryl/α,β-unsaturated/α-hetero) is 1. The number of phenols is 1. The van der Waals surface area contributed by atoms with Crippen LogP contribution in [0.25, 0.3) is 0 Å². The molecule has 0 aliphatic carbocycles. The van der Waals surface area contributed by atoms with Gasteiger partial charge in [-0.05, 0) is 49.9 Å². The van der Waals surface area contributed by atoms with E-state index >= 15 is 0 Å². The summed E-state index contributed by atoms with van der Waals surface area (Å²) in [6.45, 7) is 3.75. The van der Waals surface area contributed by atoms with Crippen molar-refractivity contribution in [1.29, 1.82) is 0 Å². The number of pyridine rings is 1. The van der Waals surface area contributed by atoms with Crippen LogP contribution in [0.2, 0.25) is 0 Å². The van der Waals surface area contributed by atoms with Crippen LogP contribution in [0.4, 0.5) is 0 Å². The fourth-order valence-electron chi connectivity index (χ4n) is 2.48. The molecule has 25 heavy (non-hydrogen) atoms. The fraction of sp³-hybridized carbons (Fsp3) is 0.316. The number of aromatic hydroxyl groups is 1. The van der Waals surface area contributed by atoms with Crippen molar-refractivity contribution in [2.75, 3.05) is 6.61 Å². The summed E-state index contributed by atoms with van der Waals surface area (Å²) in [5.74, 6) is -0.775. The van der Waals surface area contributed by atoms with Gasteiger partial charge in [0.25, 0.3) is 0 Å². The van der Waals surface area contributed by atoms with Crippen molar-refractivity contribution in [3.05, 3.63) is 52.8 Å². The van der Waals surface area contributed by atoms with E-state index in [1.165, 1.54) is 19.1 Å². The molecule has 0 amide bonds. The molecule has 1 aromatic carbocycles. The zero-order chi connectivity index (χ0) is 18.4. The number of carboxylic acids is 1. The summed E-state index contributed by atoms with van der Waals surface area (Å²) in [5, 5.41) is 18.9. The topological polar surface area (TPSA) is 96.7 Å². The first kappa shape index (κ1) is 18.4. The number of aromatic nitrogens is 1. The predicted molar refractivity (Wildman–Crippen MR) is 92.5 cm³/mol. The molecule has 1 heterocycles. The smallest absolute Gasteiger partial charge is 0.354 e. The van der Waals surface area contributed by atoms with E-state index in [1.54, 1.807) is 18.2 Å². The third-order valence-corrected chi connectivity index (χ3v) is 3.80. The Hall–Kier alpha value is -2.89. The van der Waals surface area contributed by atoms with Gasteiger partial charge in [-0.3, -0.25) is 4.79 Å². The molecule has 0 bridgehead atoms. The number of carbonyl (C=O) groups is 2. The van der Waals surface area contributed by atoms with Crippen molar-refractivity contribution in [3.63, 3.8) is 0 Å². The van der Waals surface area contributed by atoms with Crippen LogP contribution in [0.15, 0.2) is 30.3 Å². The van der Waals surface area contributed by atoms with Gasteiger partial charge in [-0.25, -0.2) is 9.78 Å². The molecule has 0 fully saturated rings. The normalized spacial score (nSPS) is 10.5. The summed E-state index contributed by atoms with van der Waals surface area (Å²) in [4.78, 5) is 26.5. The minimum atomic E-state index is -1.05. The Bertz CT molecular complexity index is 785. The third kappa shape index (κ3) is 4.79. The van der Waals surface area contributed by atoms with E-state index in [9.17, 15) is 14.7 Å². The van der Waals surface area contributed by atoms with Gasteiger partial charge in [0.05, 0.1) is 12.2 Å². The van der Waals surface area contributed by atoms with Crippen LogP contribution in [0, 0.1) is 0 Å². The standard InChI is InChI=1S/C19H21NO5/c1-3-13-10-15(12(2)21)17(22)11-18(13)25-9-5-7-14-6-4-8-16(20-14)19(23)24/h4,6,8,10-11,22H,3,5,7,9H2,1-2H3,(H,23,24). The SMILES string of the molecule is CCc1cc(C(C)=O)c(O)cc1OCCCc1cccc(C(=O)O)n1. The minimum absolute atomic E-state index is 0.0245. The highest BCUT2D eigenvalue weighted by Crippen LogP contribution is 2.29. The van der Waals surface area contributed by atoms with Gasteiger partial charge in [0, 0.05) is 11.8 Å². The summed E-state index contributed by atoms with van der Waals surface area (Å²) < 4.78 is 5.73. The average molecular weight is 343 g/mol. The van der Waals surface area contributed by atoms with Crippen LogP contribution in [-0.4, -0.2) is 33.6 Å². The first-order chi connectivity index (χ1) is 11.9. The Morgan fingerprint density at radius 3 is 2.64 bits per heavy atom. The maximum atomic E-state index is 11.5. The molecule has 132 valence electrons. The maximum absolute atomic E-state index is 11.5. The van der Waals surface area contributed by atoms with E-state index in [-0.39, 0.29) is 17.2 Å². The quantitative estimate of drug-likeness (QED) is 0.564. The highest BCUT2D eigenvalue weighted by atomic mass is 16.5. The summed E-state index contributed by atoms with van der Waals surface area (Å²) in [7, 11) is 0. The Morgan fingerprint density at radius 2 is 2.00 bits per heavy atom. The molecule has 6 nitrogen and oxygen atoms in total. The number of hydrogen-bond acceptors (Lipinski definition) is 5. The lowest BCUT2D eigenvalue weighted by Crippen LogP contribution is -2.06.